The van der Waals surface area contributed by atoms with Crippen LogP contribution in [0.3, 0.4) is 0 Å². The second kappa shape index (κ2) is 15.8. The molecule has 0 aliphatic carbocycles. The van der Waals surface area contributed by atoms with Crippen molar-refractivity contribution in [1.29, 1.82) is 0 Å². The molecule has 3 aromatic carbocycles. The van der Waals surface area contributed by atoms with Crippen LogP contribution in [0.2, 0.25) is 0 Å². The number of nitrogens with zero attached hydrogens (tertiary/aromatic N) is 8. The van der Waals surface area contributed by atoms with Gasteiger partial charge in [0.25, 0.3) is 0 Å². The van der Waals surface area contributed by atoms with Crippen LogP contribution in [-0.2, 0) is 20.1 Å². The van der Waals surface area contributed by atoms with E-state index in [9.17, 15) is 0 Å². The molecule has 1 radical (unpaired) electrons. The molecule has 0 atom stereocenters. The summed E-state index contributed by atoms with van der Waals surface area (Å²) >= 11 is 0. The summed E-state index contributed by atoms with van der Waals surface area (Å²) in [5.74, 6) is 2.23. The van der Waals surface area contributed by atoms with E-state index in [1.165, 1.54) is 5.56 Å². The van der Waals surface area contributed by atoms with Gasteiger partial charge >= 0.3 is 0 Å². The van der Waals surface area contributed by atoms with E-state index >= 15 is 0 Å². The van der Waals surface area contributed by atoms with E-state index < -0.39 is 0 Å². The van der Waals surface area contributed by atoms with Crippen LogP contribution in [-0.4, -0.2) is 39.9 Å². The minimum Gasteiger partial charge on any atom is -0.508 e. The average Bonchev–Trinajstić information content (AvgIpc) is 3.84. The molecule has 0 unspecified atom stereocenters. The molecular weight excluding hydrogens is 749 g/mol. The van der Waals surface area contributed by atoms with Gasteiger partial charge in [-0.1, -0.05) is 19.8 Å². The van der Waals surface area contributed by atoms with Crippen molar-refractivity contribution in [3.63, 3.8) is 0 Å². The SMILES string of the molecule is CC(C)c1c[c-]c(N2[CH-]N(C)c3nccnc32)cc1.[Ir].[c-]1ccccc1N1C=CN(CCCCN2C=CN(c3[c-]cccc3)[CH-]2)[CH-]1. The molecule has 0 spiro atoms. The molecule has 9 heteroatoms. The number of unbranched alkanes of at least 4 members (excludes halogenated alkanes) is 1. The van der Waals surface area contributed by atoms with E-state index in [2.05, 4.69) is 124 Å². The molecule has 0 amide bonds. The fourth-order valence-corrected chi connectivity index (χ4v) is 5.15. The Kier molecular flexibility index (Phi) is 11.3. The van der Waals surface area contributed by atoms with Gasteiger partial charge in [-0.25, -0.2) is 9.97 Å². The minimum absolute atomic E-state index is 0. The summed E-state index contributed by atoms with van der Waals surface area (Å²) in [6, 6.07) is 32.1. The largest absolute Gasteiger partial charge is 0.508 e. The molecule has 0 saturated carbocycles. The van der Waals surface area contributed by atoms with Crippen LogP contribution in [0.25, 0.3) is 0 Å². The first-order valence-electron chi connectivity index (χ1n) is 15.3. The molecule has 7 rings (SSSR count). The average molecular weight is 787 g/mol. The summed E-state index contributed by atoms with van der Waals surface area (Å²) in [4.78, 5) is 21.4. The summed E-state index contributed by atoms with van der Waals surface area (Å²) in [5.41, 5.74) is 4.41. The van der Waals surface area contributed by atoms with Gasteiger partial charge in [0, 0.05) is 32.5 Å². The van der Waals surface area contributed by atoms with Gasteiger partial charge in [-0.2, -0.15) is 97.8 Å². The number of aromatic nitrogens is 2. The number of para-hydroxylation sites is 2. The third kappa shape index (κ3) is 8.08. The number of benzene rings is 3. The van der Waals surface area contributed by atoms with Crippen molar-refractivity contribution in [2.24, 2.45) is 0 Å². The molecule has 3 aliphatic rings. The van der Waals surface area contributed by atoms with E-state index in [4.69, 9.17) is 0 Å². The van der Waals surface area contributed by atoms with Gasteiger partial charge in [-0.05, 0) is 57.8 Å². The fourth-order valence-electron chi connectivity index (χ4n) is 5.15. The smallest absolute Gasteiger partial charge is 0.143 e. The molecule has 0 N–H and O–H groups in total. The van der Waals surface area contributed by atoms with Gasteiger partial charge in [-0.3, -0.25) is 0 Å². The minimum atomic E-state index is 0. The van der Waals surface area contributed by atoms with Gasteiger partial charge in [0.15, 0.2) is 0 Å². The van der Waals surface area contributed by atoms with E-state index in [-0.39, 0.29) is 20.1 Å². The zero-order chi connectivity index (χ0) is 31.0. The predicted octanol–water partition coefficient (Wildman–Crippen LogP) is 7.30. The molecule has 0 saturated heterocycles. The van der Waals surface area contributed by atoms with E-state index in [0.29, 0.717) is 5.92 Å². The summed E-state index contributed by atoms with van der Waals surface area (Å²) in [6.45, 7) is 12.6. The van der Waals surface area contributed by atoms with Crippen molar-refractivity contribution in [2.45, 2.75) is 32.6 Å². The summed E-state index contributed by atoms with van der Waals surface area (Å²) in [7, 11) is 1.97. The van der Waals surface area contributed by atoms with Crippen molar-refractivity contribution in [3.8, 4) is 0 Å². The molecular formula is C37H38IrN8-6. The van der Waals surface area contributed by atoms with E-state index in [1.807, 2.05) is 66.0 Å². The Bertz CT molecular complexity index is 1500. The van der Waals surface area contributed by atoms with Gasteiger partial charge in [0.1, 0.15) is 11.6 Å². The van der Waals surface area contributed by atoms with Crippen molar-refractivity contribution < 1.29 is 20.1 Å². The summed E-state index contributed by atoms with van der Waals surface area (Å²) in [6.07, 6.45) is 14.1. The standard InChI is InChI=1S/C22H22N4.C15H16N4.Ir/c1-3-9-21(10-4-1)25-17-15-23(19-25)13-7-8-14-24-16-18-26(20-24)22-11-5-2-6-12-22;1-11(2)12-4-6-13(7-5-12)19-10-18(3)14-15(19)17-9-8-16-14;/h1-6,9,11,15-20H,7-8,13-14H2;4-6,8-11H,1-3H3;/q-4;-2;. The quantitative estimate of drug-likeness (QED) is 0.130. The molecule has 0 bridgehead atoms. The second-order valence-electron chi connectivity index (χ2n) is 11.3. The maximum absolute atomic E-state index is 4.40. The Morgan fingerprint density at radius 1 is 0.674 bits per heavy atom. The van der Waals surface area contributed by atoms with Crippen molar-refractivity contribution in [2.75, 3.05) is 39.7 Å². The first-order chi connectivity index (χ1) is 22.0. The molecule has 3 aliphatic heterocycles. The van der Waals surface area contributed by atoms with Gasteiger partial charge in [-0.15, -0.1) is 29.8 Å². The van der Waals surface area contributed by atoms with Gasteiger partial charge in [0.2, 0.25) is 0 Å². The Morgan fingerprint density at radius 3 is 1.76 bits per heavy atom. The Labute approximate surface area is 287 Å². The molecule has 4 aromatic rings. The van der Waals surface area contributed by atoms with Crippen molar-refractivity contribution >= 4 is 28.7 Å². The second-order valence-corrected chi connectivity index (χ2v) is 11.3. The van der Waals surface area contributed by atoms with Crippen LogP contribution in [0.5, 0.6) is 0 Å². The number of anilines is 5. The Hall–Kier alpha value is -4.33. The monoisotopic (exact) mass is 787 g/mol. The van der Waals surface area contributed by atoms with Gasteiger partial charge in [0.05, 0.1) is 0 Å². The first-order valence-corrected chi connectivity index (χ1v) is 15.3. The zero-order valence-corrected chi connectivity index (χ0v) is 28.8. The molecule has 46 heavy (non-hydrogen) atoms. The zero-order valence-electron chi connectivity index (χ0n) is 26.4. The predicted molar refractivity (Wildman–Crippen MR) is 181 cm³/mol. The normalized spacial score (nSPS) is 15.0. The first kappa shape index (κ1) is 33.0. The van der Waals surface area contributed by atoms with E-state index in [1.54, 1.807) is 12.4 Å². The summed E-state index contributed by atoms with van der Waals surface area (Å²) < 4.78 is 0. The van der Waals surface area contributed by atoms with E-state index in [0.717, 1.165) is 54.6 Å². The number of hydrogen-bond donors (Lipinski definition) is 0. The van der Waals surface area contributed by atoms with Crippen LogP contribution < -0.4 is 19.6 Å². The Balaban J connectivity index is 0.000000186. The van der Waals surface area contributed by atoms with Crippen LogP contribution in [0.15, 0.2) is 104 Å². The topological polar surface area (TPSA) is 45.2 Å². The number of fused-ring (bicyclic) bond motifs is 1. The number of hydrogen-bond acceptors (Lipinski definition) is 8. The van der Waals surface area contributed by atoms with Crippen LogP contribution in [0.1, 0.15) is 38.2 Å². The van der Waals surface area contributed by atoms with Crippen molar-refractivity contribution in [1.82, 2.24) is 19.8 Å². The maximum atomic E-state index is 4.40. The fraction of sp³-hybridized carbons (Fsp3) is 0.216. The van der Waals surface area contributed by atoms with Crippen LogP contribution >= 0.6 is 0 Å². The molecule has 1 aromatic heterocycles. The number of rotatable bonds is 9. The summed E-state index contributed by atoms with van der Waals surface area (Å²) in [5, 5.41) is 0. The molecule has 4 heterocycles. The van der Waals surface area contributed by atoms with Gasteiger partial charge < -0.3 is 29.4 Å². The third-order valence-corrected chi connectivity index (χ3v) is 7.67. The van der Waals surface area contributed by atoms with Crippen molar-refractivity contribution in [3.05, 3.63) is 148 Å². The maximum Gasteiger partial charge on any atom is 0.143 e. The van der Waals surface area contributed by atoms with Crippen LogP contribution in [0, 0.1) is 38.2 Å². The molecule has 0 fully saturated rings. The van der Waals surface area contributed by atoms with Crippen LogP contribution in [0.4, 0.5) is 28.7 Å². The molecule has 241 valence electrons. The third-order valence-electron chi connectivity index (χ3n) is 7.67. The Morgan fingerprint density at radius 2 is 1.26 bits per heavy atom. The molecule has 8 nitrogen and oxygen atoms in total.